The highest BCUT2D eigenvalue weighted by Gasteiger charge is 2.37. The fourth-order valence-electron chi connectivity index (χ4n) is 2.08. The van der Waals surface area contributed by atoms with E-state index in [4.69, 9.17) is 10.00 Å². The largest absolute Gasteiger partial charge is 0.365 e. The first-order valence-corrected chi connectivity index (χ1v) is 6.16. The van der Waals surface area contributed by atoms with Crippen molar-refractivity contribution < 1.29 is 13.9 Å². The molecular formula is C14H15FN2O2. The SMILES string of the molecule is CC1(C(=O)NCc2ccc(C#N)cc2F)CCCO1. The Labute approximate surface area is 111 Å². The molecule has 0 bridgehead atoms. The molecular weight excluding hydrogens is 247 g/mol. The van der Waals surface area contributed by atoms with Gasteiger partial charge in [0.2, 0.25) is 0 Å². The summed E-state index contributed by atoms with van der Waals surface area (Å²) in [6, 6.07) is 6.06. The van der Waals surface area contributed by atoms with E-state index in [0.717, 1.165) is 12.5 Å². The second-order valence-corrected chi connectivity index (χ2v) is 4.78. The van der Waals surface area contributed by atoms with E-state index in [9.17, 15) is 9.18 Å². The van der Waals surface area contributed by atoms with Crippen molar-refractivity contribution in [3.63, 3.8) is 0 Å². The van der Waals surface area contributed by atoms with Crippen molar-refractivity contribution >= 4 is 5.91 Å². The van der Waals surface area contributed by atoms with Crippen LogP contribution < -0.4 is 5.32 Å². The lowest BCUT2D eigenvalue weighted by Crippen LogP contribution is -2.43. The Morgan fingerprint density at radius 2 is 2.42 bits per heavy atom. The number of hydrogen-bond donors (Lipinski definition) is 1. The molecule has 0 aliphatic carbocycles. The minimum atomic E-state index is -0.803. The minimum Gasteiger partial charge on any atom is -0.365 e. The van der Waals surface area contributed by atoms with Crippen LogP contribution in [0.5, 0.6) is 0 Å². The molecule has 0 spiro atoms. The van der Waals surface area contributed by atoms with Crippen molar-refractivity contribution in [1.82, 2.24) is 5.32 Å². The van der Waals surface area contributed by atoms with Crippen LogP contribution in [0.15, 0.2) is 18.2 Å². The van der Waals surface area contributed by atoms with E-state index < -0.39 is 11.4 Å². The number of benzene rings is 1. The van der Waals surface area contributed by atoms with Crippen LogP contribution in [0.3, 0.4) is 0 Å². The number of nitrogens with zero attached hydrogens (tertiary/aromatic N) is 1. The maximum absolute atomic E-state index is 13.6. The molecule has 2 rings (SSSR count). The van der Waals surface area contributed by atoms with Gasteiger partial charge in [-0.15, -0.1) is 0 Å². The number of carbonyl (C=O) groups is 1. The van der Waals surface area contributed by atoms with E-state index >= 15 is 0 Å². The maximum Gasteiger partial charge on any atom is 0.252 e. The van der Waals surface area contributed by atoms with Gasteiger partial charge in [-0.1, -0.05) is 6.07 Å². The summed E-state index contributed by atoms with van der Waals surface area (Å²) < 4.78 is 19.0. The van der Waals surface area contributed by atoms with Gasteiger partial charge in [0.25, 0.3) is 5.91 Å². The van der Waals surface area contributed by atoms with Gasteiger partial charge in [0.05, 0.1) is 11.6 Å². The Kier molecular flexibility index (Phi) is 3.82. The van der Waals surface area contributed by atoms with Gasteiger partial charge in [0, 0.05) is 18.7 Å². The standard InChI is InChI=1S/C14H15FN2O2/c1-14(5-2-6-19-14)13(18)17-9-11-4-3-10(8-16)7-12(11)15/h3-4,7H,2,5-6,9H2,1H3,(H,17,18). The minimum absolute atomic E-state index is 0.0926. The molecule has 1 aromatic carbocycles. The summed E-state index contributed by atoms with van der Waals surface area (Å²) in [7, 11) is 0. The zero-order valence-corrected chi connectivity index (χ0v) is 10.7. The smallest absolute Gasteiger partial charge is 0.252 e. The summed E-state index contributed by atoms with van der Waals surface area (Å²) in [5.74, 6) is -0.717. The summed E-state index contributed by atoms with van der Waals surface area (Å²) in [6.45, 7) is 2.41. The van der Waals surface area contributed by atoms with Crippen LogP contribution in [0.2, 0.25) is 0 Å². The van der Waals surface area contributed by atoms with Crippen LogP contribution in [0.4, 0.5) is 4.39 Å². The number of nitrogens with one attached hydrogen (secondary N) is 1. The predicted molar refractivity (Wildman–Crippen MR) is 66.6 cm³/mol. The lowest BCUT2D eigenvalue weighted by Gasteiger charge is -2.21. The van der Waals surface area contributed by atoms with Crippen molar-refractivity contribution in [2.24, 2.45) is 0 Å². The average molecular weight is 262 g/mol. The fraction of sp³-hybridized carbons (Fsp3) is 0.429. The molecule has 0 radical (unpaired) electrons. The molecule has 1 aliphatic rings. The Bertz CT molecular complexity index is 531. The molecule has 1 heterocycles. The second-order valence-electron chi connectivity index (χ2n) is 4.78. The molecule has 1 atom stereocenters. The van der Waals surface area contributed by atoms with Crippen molar-refractivity contribution in [2.45, 2.75) is 31.9 Å². The van der Waals surface area contributed by atoms with Crippen LogP contribution in [-0.2, 0) is 16.1 Å². The highest BCUT2D eigenvalue weighted by Crippen LogP contribution is 2.25. The van der Waals surface area contributed by atoms with Crippen molar-refractivity contribution in [3.05, 3.63) is 35.1 Å². The Hall–Kier alpha value is -1.93. The van der Waals surface area contributed by atoms with E-state index in [1.165, 1.54) is 12.1 Å². The van der Waals surface area contributed by atoms with E-state index in [1.54, 1.807) is 6.92 Å². The average Bonchev–Trinajstić information content (AvgIpc) is 2.85. The Morgan fingerprint density at radius 3 is 3.00 bits per heavy atom. The van der Waals surface area contributed by atoms with Crippen molar-refractivity contribution in [1.29, 1.82) is 5.26 Å². The Balaban J connectivity index is 1.99. The van der Waals surface area contributed by atoms with Gasteiger partial charge < -0.3 is 10.1 Å². The monoisotopic (exact) mass is 262 g/mol. The number of hydrogen-bond acceptors (Lipinski definition) is 3. The van der Waals surface area contributed by atoms with Crippen LogP contribution >= 0.6 is 0 Å². The molecule has 1 N–H and O–H groups in total. The molecule has 1 amide bonds. The van der Waals surface area contributed by atoms with Crippen LogP contribution in [0.25, 0.3) is 0 Å². The van der Waals surface area contributed by atoms with E-state index in [-0.39, 0.29) is 18.0 Å². The first-order valence-electron chi connectivity index (χ1n) is 6.16. The fourth-order valence-corrected chi connectivity index (χ4v) is 2.08. The van der Waals surface area contributed by atoms with Crippen LogP contribution in [0, 0.1) is 17.1 Å². The molecule has 1 fully saturated rings. The third kappa shape index (κ3) is 2.91. The first-order chi connectivity index (χ1) is 9.05. The summed E-state index contributed by atoms with van der Waals surface area (Å²) in [4.78, 5) is 12.0. The normalized spacial score (nSPS) is 21.9. The van der Waals surface area contributed by atoms with Gasteiger partial charge in [-0.2, -0.15) is 5.26 Å². The molecule has 4 nitrogen and oxygen atoms in total. The molecule has 1 unspecified atom stereocenters. The summed E-state index contributed by atoms with van der Waals surface area (Å²) in [5, 5.41) is 11.3. The summed E-state index contributed by atoms with van der Waals surface area (Å²) >= 11 is 0. The summed E-state index contributed by atoms with van der Waals surface area (Å²) in [5.41, 5.74) is -0.184. The van der Waals surface area contributed by atoms with Crippen LogP contribution in [-0.4, -0.2) is 18.1 Å². The molecule has 1 aliphatic heterocycles. The molecule has 100 valence electrons. The van der Waals surface area contributed by atoms with Crippen molar-refractivity contribution in [3.8, 4) is 6.07 Å². The zero-order valence-electron chi connectivity index (χ0n) is 10.7. The first kappa shape index (κ1) is 13.5. The van der Waals surface area contributed by atoms with E-state index in [2.05, 4.69) is 5.32 Å². The van der Waals surface area contributed by atoms with E-state index in [0.29, 0.717) is 18.6 Å². The number of carbonyl (C=O) groups excluding carboxylic acids is 1. The summed E-state index contributed by atoms with van der Waals surface area (Å²) in [6.07, 6.45) is 1.53. The van der Waals surface area contributed by atoms with Gasteiger partial charge in [-0.05, 0) is 31.9 Å². The number of halogens is 1. The van der Waals surface area contributed by atoms with Crippen LogP contribution in [0.1, 0.15) is 30.9 Å². The van der Waals surface area contributed by atoms with Gasteiger partial charge >= 0.3 is 0 Å². The molecule has 1 aromatic rings. The van der Waals surface area contributed by atoms with E-state index in [1.807, 2.05) is 6.07 Å². The molecule has 1 saturated heterocycles. The maximum atomic E-state index is 13.6. The van der Waals surface area contributed by atoms with Gasteiger partial charge in [-0.3, -0.25) is 4.79 Å². The van der Waals surface area contributed by atoms with Gasteiger partial charge in [0.1, 0.15) is 11.4 Å². The lowest BCUT2D eigenvalue weighted by molar-refractivity contribution is -0.139. The quantitative estimate of drug-likeness (QED) is 0.904. The number of amides is 1. The number of ether oxygens (including phenoxy) is 1. The zero-order chi connectivity index (χ0) is 13.9. The highest BCUT2D eigenvalue weighted by molar-refractivity contribution is 5.84. The Morgan fingerprint density at radius 1 is 1.63 bits per heavy atom. The number of nitriles is 1. The topological polar surface area (TPSA) is 62.1 Å². The second kappa shape index (κ2) is 5.37. The van der Waals surface area contributed by atoms with Crippen molar-refractivity contribution in [2.75, 3.05) is 6.61 Å². The molecule has 0 saturated carbocycles. The van der Waals surface area contributed by atoms with Gasteiger partial charge in [-0.25, -0.2) is 4.39 Å². The molecule has 5 heteroatoms. The van der Waals surface area contributed by atoms with Gasteiger partial charge in [0.15, 0.2) is 0 Å². The lowest BCUT2D eigenvalue weighted by atomic mass is 10.0. The third-order valence-corrected chi connectivity index (χ3v) is 3.32. The highest BCUT2D eigenvalue weighted by atomic mass is 19.1. The third-order valence-electron chi connectivity index (χ3n) is 3.32. The number of rotatable bonds is 3. The predicted octanol–water partition coefficient (Wildman–Crippen LogP) is 1.88. The molecule has 19 heavy (non-hydrogen) atoms. The molecule has 0 aromatic heterocycles.